The molecule has 120 valence electrons. The summed E-state index contributed by atoms with van der Waals surface area (Å²) in [5.41, 5.74) is -0.500. The number of carboxylic acids is 1. The van der Waals surface area contributed by atoms with Crippen molar-refractivity contribution in [2.24, 2.45) is 10.8 Å². The fourth-order valence-corrected chi connectivity index (χ4v) is 3.13. The number of hydrogen-bond acceptors (Lipinski definition) is 2. The molecular weight excluding hydrogens is 271 g/mol. The molecule has 2 saturated carbocycles. The summed E-state index contributed by atoms with van der Waals surface area (Å²) in [4.78, 5) is 21.8. The summed E-state index contributed by atoms with van der Waals surface area (Å²) >= 11 is 0. The largest absolute Gasteiger partial charge is 0.481 e. The quantitative estimate of drug-likeness (QED) is 0.432. The highest BCUT2D eigenvalue weighted by Gasteiger charge is 2.49. The second-order valence-electron chi connectivity index (χ2n) is 7.15. The summed E-state index contributed by atoms with van der Waals surface area (Å²) in [5, 5.41) is 9.05. The Bertz CT molecular complexity index is 372. The number of alkyl halides is 1. The summed E-state index contributed by atoms with van der Waals surface area (Å²) < 4.78 is 13.7. The molecule has 2 aliphatic carbocycles. The minimum absolute atomic E-state index is 0.0405. The number of aliphatic carboxylic acids is 1. The summed E-state index contributed by atoms with van der Waals surface area (Å²) in [7, 11) is 0. The number of aldehydes is 1. The molecule has 2 aliphatic rings. The van der Waals surface area contributed by atoms with Crippen molar-refractivity contribution in [2.75, 3.05) is 0 Å². The van der Waals surface area contributed by atoms with Crippen LogP contribution in [0.5, 0.6) is 0 Å². The number of rotatable bonds is 12. The van der Waals surface area contributed by atoms with Crippen LogP contribution in [0.1, 0.15) is 77.0 Å². The Morgan fingerprint density at radius 1 is 1.05 bits per heavy atom. The zero-order valence-corrected chi connectivity index (χ0v) is 12.8. The van der Waals surface area contributed by atoms with E-state index in [4.69, 9.17) is 5.11 Å². The van der Waals surface area contributed by atoms with Gasteiger partial charge in [-0.1, -0.05) is 25.7 Å². The molecule has 0 aromatic carbocycles. The monoisotopic (exact) mass is 298 g/mol. The van der Waals surface area contributed by atoms with Gasteiger partial charge < -0.3 is 9.90 Å². The Morgan fingerprint density at radius 3 is 2.05 bits per heavy atom. The Balaban J connectivity index is 1.45. The third kappa shape index (κ3) is 4.79. The molecule has 21 heavy (non-hydrogen) atoms. The van der Waals surface area contributed by atoms with Gasteiger partial charge in [0.25, 0.3) is 0 Å². The molecule has 0 amide bonds. The molecule has 1 unspecified atom stereocenters. The van der Waals surface area contributed by atoms with Gasteiger partial charge in [-0.3, -0.25) is 4.79 Å². The lowest BCUT2D eigenvalue weighted by atomic mass is 9.96. The first-order chi connectivity index (χ1) is 10.0. The lowest BCUT2D eigenvalue weighted by Gasteiger charge is -2.11. The highest BCUT2D eigenvalue weighted by atomic mass is 19.1. The molecule has 0 aromatic rings. The maximum Gasteiger partial charge on any atom is 0.309 e. The van der Waals surface area contributed by atoms with Crippen LogP contribution < -0.4 is 0 Å². The number of carboxylic acid groups (broad SMARTS) is 1. The molecule has 2 fully saturated rings. The fourth-order valence-electron chi connectivity index (χ4n) is 3.13. The first kappa shape index (κ1) is 16.4. The highest BCUT2D eigenvalue weighted by molar-refractivity contribution is 5.77. The van der Waals surface area contributed by atoms with Crippen LogP contribution >= 0.6 is 0 Å². The zero-order chi connectivity index (χ0) is 15.3. The van der Waals surface area contributed by atoms with Gasteiger partial charge in [0, 0.05) is 5.41 Å². The summed E-state index contributed by atoms with van der Waals surface area (Å²) in [6.07, 6.45) is 10.1. The van der Waals surface area contributed by atoms with E-state index in [0.29, 0.717) is 19.3 Å². The maximum atomic E-state index is 13.7. The zero-order valence-electron chi connectivity index (χ0n) is 12.8. The fraction of sp³-hybridized carbons (Fsp3) is 0.882. The van der Waals surface area contributed by atoms with Crippen LogP contribution in [0.15, 0.2) is 0 Å². The molecule has 4 heteroatoms. The smallest absolute Gasteiger partial charge is 0.309 e. The van der Waals surface area contributed by atoms with E-state index in [0.717, 1.165) is 64.1 Å². The van der Waals surface area contributed by atoms with Crippen LogP contribution in [0.4, 0.5) is 4.39 Å². The van der Waals surface area contributed by atoms with E-state index in [1.165, 1.54) is 0 Å². The van der Waals surface area contributed by atoms with Crippen molar-refractivity contribution in [3.8, 4) is 0 Å². The second-order valence-corrected chi connectivity index (χ2v) is 7.15. The molecule has 1 atom stereocenters. The summed E-state index contributed by atoms with van der Waals surface area (Å²) in [6.45, 7) is 0. The predicted octanol–water partition coefficient (Wildman–Crippen LogP) is 4.29. The van der Waals surface area contributed by atoms with Crippen LogP contribution in [0.25, 0.3) is 0 Å². The van der Waals surface area contributed by atoms with Crippen LogP contribution in [0.3, 0.4) is 0 Å². The number of unbranched alkanes of at least 4 members (excludes halogenated alkanes) is 2. The van der Waals surface area contributed by atoms with Crippen molar-refractivity contribution in [2.45, 2.75) is 83.2 Å². The Morgan fingerprint density at radius 2 is 1.62 bits per heavy atom. The van der Waals surface area contributed by atoms with Crippen molar-refractivity contribution < 1.29 is 19.1 Å². The van der Waals surface area contributed by atoms with E-state index in [-0.39, 0.29) is 5.41 Å². The Labute approximate surface area is 126 Å². The van der Waals surface area contributed by atoms with Crippen molar-refractivity contribution in [3.05, 3.63) is 0 Å². The first-order valence-electron chi connectivity index (χ1n) is 8.36. The van der Waals surface area contributed by atoms with E-state index in [2.05, 4.69) is 0 Å². The van der Waals surface area contributed by atoms with E-state index in [1.54, 1.807) is 0 Å². The molecule has 0 aromatic heterocycles. The van der Waals surface area contributed by atoms with Crippen molar-refractivity contribution in [3.63, 3.8) is 0 Å². The number of hydrogen-bond donors (Lipinski definition) is 1. The van der Waals surface area contributed by atoms with Crippen LogP contribution in [-0.4, -0.2) is 23.5 Å². The van der Waals surface area contributed by atoms with E-state index < -0.39 is 17.6 Å². The van der Waals surface area contributed by atoms with Gasteiger partial charge in [-0.2, -0.15) is 0 Å². The van der Waals surface area contributed by atoms with Gasteiger partial charge in [-0.05, 0) is 51.4 Å². The molecular formula is C17H27FO3. The SMILES string of the molecule is O=CC1(CCCCC(F)CCCCC2(C(=O)O)CC2)CC1. The van der Waals surface area contributed by atoms with E-state index >= 15 is 0 Å². The standard InChI is InChI=1S/C17H27FO3/c18-14(5-1-3-7-16(13-19)9-10-16)6-2-4-8-17(11-12-17)15(20)21/h13-14H,1-12H2,(H,20,21). The van der Waals surface area contributed by atoms with E-state index in [9.17, 15) is 14.0 Å². The van der Waals surface area contributed by atoms with Crippen molar-refractivity contribution in [1.82, 2.24) is 0 Å². The van der Waals surface area contributed by atoms with Gasteiger partial charge in [0.1, 0.15) is 12.5 Å². The molecule has 0 radical (unpaired) electrons. The topological polar surface area (TPSA) is 54.4 Å². The third-order valence-electron chi connectivity index (χ3n) is 5.31. The van der Waals surface area contributed by atoms with Gasteiger partial charge in [0.05, 0.1) is 5.41 Å². The van der Waals surface area contributed by atoms with Crippen LogP contribution in [-0.2, 0) is 9.59 Å². The van der Waals surface area contributed by atoms with Crippen molar-refractivity contribution in [1.29, 1.82) is 0 Å². The van der Waals surface area contributed by atoms with Gasteiger partial charge in [0.15, 0.2) is 0 Å². The summed E-state index contributed by atoms with van der Waals surface area (Å²) in [6, 6.07) is 0. The number of carbonyl (C=O) groups is 2. The van der Waals surface area contributed by atoms with Gasteiger partial charge in [-0.25, -0.2) is 4.39 Å². The molecule has 0 spiro atoms. The highest BCUT2D eigenvalue weighted by Crippen LogP contribution is 2.50. The molecule has 0 saturated heterocycles. The van der Waals surface area contributed by atoms with Crippen LogP contribution in [0, 0.1) is 10.8 Å². The second kappa shape index (κ2) is 6.89. The number of halogens is 1. The first-order valence-corrected chi connectivity index (χ1v) is 8.36. The Kier molecular flexibility index (Phi) is 5.39. The Hall–Kier alpha value is -0.930. The third-order valence-corrected chi connectivity index (χ3v) is 5.31. The van der Waals surface area contributed by atoms with E-state index in [1.807, 2.05) is 0 Å². The minimum atomic E-state index is -0.767. The normalized spacial score (nSPS) is 22.5. The lowest BCUT2D eigenvalue weighted by molar-refractivity contribution is -0.143. The number of carbonyl (C=O) groups excluding carboxylic acids is 1. The minimum Gasteiger partial charge on any atom is -0.481 e. The molecule has 0 bridgehead atoms. The van der Waals surface area contributed by atoms with Gasteiger partial charge in [0.2, 0.25) is 0 Å². The maximum absolute atomic E-state index is 13.7. The average Bonchev–Trinajstić information content (AvgIpc) is 3.35. The lowest BCUT2D eigenvalue weighted by Crippen LogP contribution is -2.14. The summed E-state index contributed by atoms with van der Waals surface area (Å²) in [5.74, 6) is -0.677. The van der Waals surface area contributed by atoms with Crippen LogP contribution in [0.2, 0.25) is 0 Å². The molecule has 2 rings (SSSR count). The molecule has 1 N–H and O–H groups in total. The van der Waals surface area contributed by atoms with Gasteiger partial charge in [-0.15, -0.1) is 0 Å². The van der Waals surface area contributed by atoms with Crippen molar-refractivity contribution >= 4 is 12.3 Å². The average molecular weight is 298 g/mol. The molecule has 0 aliphatic heterocycles. The predicted molar refractivity (Wildman–Crippen MR) is 78.9 cm³/mol. The van der Waals surface area contributed by atoms with Gasteiger partial charge >= 0.3 is 5.97 Å². The molecule has 0 heterocycles. The molecule has 3 nitrogen and oxygen atoms in total.